The summed E-state index contributed by atoms with van der Waals surface area (Å²) in [5.41, 5.74) is -1.58. The number of nitrogens with two attached hydrogens (primary N) is 1. The molecular formula is C19H29F3N4O6. The van der Waals surface area contributed by atoms with E-state index < -0.39 is 52.5 Å². The molecule has 0 saturated carbocycles. The van der Waals surface area contributed by atoms with Gasteiger partial charge in [-0.1, -0.05) is 0 Å². The molecule has 0 saturated heterocycles. The van der Waals surface area contributed by atoms with Crippen molar-refractivity contribution in [2.75, 3.05) is 17.2 Å². The number of alkyl halides is 3. The quantitative estimate of drug-likeness (QED) is 0.379. The third-order valence-corrected chi connectivity index (χ3v) is 3.53. The molecule has 0 unspecified atom stereocenters. The van der Waals surface area contributed by atoms with E-state index in [9.17, 15) is 27.6 Å². The number of carbonyl (C=O) groups excluding carboxylic acids is 3. The smallest absolute Gasteiger partial charge is 0.423 e. The average molecular weight is 466 g/mol. The highest BCUT2D eigenvalue weighted by Gasteiger charge is 2.62. The molecule has 0 radical (unpaired) electrons. The molecule has 0 bridgehead atoms. The minimum Gasteiger partial charge on any atom is -0.464 e. The van der Waals surface area contributed by atoms with Gasteiger partial charge in [0.15, 0.2) is 0 Å². The van der Waals surface area contributed by atoms with Crippen molar-refractivity contribution in [3.05, 3.63) is 11.8 Å². The van der Waals surface area contributed by atoms with Gasteiger partial charge in [-0.15, -0.1) is 0 Å². The Bertz CT molecular complexity index is 855. The number of rotatable bonds is 5. The van der Waals surface area contributed by atoms with Crippen LogP contribution < -0.4 is 16.4 Å². The summed E-state index contributed by atoms with van der Waals surface area (Å²) in [5, 5.41) is 4.30. The molecule has 0 fully saturated rings. The first-order chi connectivity index (χ1) is 14.3. The predicted molar refractivity (Wildman–Crippen MR) is 109 cm³/mol. The molecule has 0 aliphatic carbocycles. The first-order valence-electron chi connectivity index (χ1n) is 9.56. The number of carbonyl (C=O) groups is 3. The van der Waals surface area contributed by atoms with Gasteiger partial charge in [-0.2, -0.15) is 13.2 Å². The third kappa shape index (κ3) is 7.04. The number of nitrogens with one attached hydrogen (secondary N) is 3. The number of hydrogen-bond donors (Lipinski definition) is 4. The molecule has 2 amide bonds. The molecule has 32 heavy (non-hydrogen) atoms. The Hall–Kier alpha value is -2.96. The molecule has 1 aromatic rings. The lowest BCUT2D eigenvalue weighted by molar-refractivity contribution is -0.208. The predicted octanol–water partition coefficient (Wildman–Crippen LogP) is 3.99. The molecule has 1 heterocycles. The number of aromatic nitrogens is 1. The summed E-state index contributed by atoms with van der Waals surface area (Å²) in [6.45, 7) is 10.3. The third-order valence-electron chi connectivity index (χ3n) is 3.53. The zero-order valence-corrected chi connectivity index (χ0v) is 18.9. The Kier molecular flexibility index (Phi) is 7.84. The molecule has 1 aromatic heterocycles. The Morgan fingerprint density at radius 3 is 1.84 bits per heavy atom. The molecule has 1 rings (SSSR count). The summed E-state index contributed by atoms with van der Waals surface area (Å²) < 4.78 is 56.5. The van der Waals surface area contributed by atoms with Gasteiger partial charge in [0.2, 0.25) is 0 Å². The molecule has 0 spiro atoms. The summed E-state index contributed by atoms with van der Waals surface area (Å²) in [5.74, 6) is -2.14. The molecule has 0 aliphatic rings. The zero-order valence-electron chi connectivity index (χ0n) is 18.9. The van der Waals surface area contributed by atoms with Crippen LogP contribution in [-0.4, -0.2) is 47.1 Å². The first kappa shape index (κ1) is 27.1. The molecule has 0 aliphatic heterocycles. The molecule has 5 N–H and O–H groups in total. The minimum absolute atomic E-state index is 0.330. The molecule has 10 nitrogen and oxygen atoms in total. The number of ether oxygens (including phenoxy) is 3. The number of hydrogen-bond acceptors (Lipinski definition) is 7. The van der Waals surface area contributed by atoms with E-state index in [4.69, 9.17) is 15.2 Å². The first-order valence-corrected chi connectivity index (χ1v) is 9.56. The summed E-state index contributed by atoms with van der Waals surface area (Å²) >= 11 is 0. The van der Waals surface area contributed by atoms with Gasteiger partial charge in [0.1, 0.15) is 17.0 Å². The van der Waals surface area contributed by atoms with Gasteiger partial charge in [-0.3, -0.25) is 10.6 Å². The Labute approximate surface area is 183 Å². The fourth-order valence-electron chi connectivity index (χ4n) is 2.36. The largest absolute Gasteiger partial charge is 0.464 e. The van der Waals surface area contributed by atoms with Crippen LogP contribution in [0.2, 0.25) is 0 Å². The van der Waals surface area contributed by atoms with Crippen molar-refractivity contribution in [2.45, 2.75) is 71.4 Å². The maximum absolute atomic E-state index is 13.9. The zero-order chi connectivity index (χ0) is 25.1. The van der Waals surface area contributed by atoms with Crippen molar-refractivity contribution >= 4 is 29.7 Å². The van der Waals surface area contributed by atoms with Crippen LogP contribution in [0.1, 0.15) is 54.2 Å². The lowest BCUT2D eigenvalue weighted by atomic mass is 9.94. The van der Waals surface area contributed by atoms with Gasteiger partial charge >= 0.3 is 24.3 Å². The second-order valence-electron chi connectivity index (χ2n) is 8.75. The fourth-order valence-corrected chi connectivity index (χ4v) is 2.36. The molecule has 0 aromatic carbocycles. The van der Waals surface area contributed by atoms with Gasteiger partial charge in [0.25, 0.3) is 5.54 Å². The van der Waals surface area contributed by atoms with Crippen molar-refractivity contribution in [1.82, 2.24) is 4.98 Å². The number of esters is 1. The van der Waals surface area contributed by atoms with Crippen molar-refractivity contribution in [3.8, 4) is 0 Å². The normalized spacial score (nSPS) is 14.2. The van der Waals surface area contributed by atoms with Crippen molar-refractivity contribution in [3.63, 3.8) is 0 Å². The highest BCUT2D eigenvalue weighted by atomic mass is 19.4. The van der Waals surface area contributed by atoms with Gasteiger partial charge in [0.05, 0.1) is 18.0 Å². The summed E-state index contributed by atoms with van der Waals surface area (Å²) in [4.78, 5) is 38.7. The van der Waals surface area contributed by atoms with Crippen LogP contribution >= 0.6 is 0 Å². The monoisotopic (exact) mass is 466 g/mol. The van der Waals surface area contributed by atoms with Gasteiger partial charge in [-0.05, 0) is 48.5 Å². The summed E-state index contributed by atoms with van der Waals surface area (Å²) in [6.07, 6.45) is -7.45. The number of H-pyrrole nitrogens is 1. The Morgan fingerprint density at radius 2 is 1.44 bits per heavy atom. The maximum Gasteiger partial charge on any atom is 0.423 e. The molecular weight excluding hydrogens is 437 g/mol. The second-order valence-corrected chi connectivity index (χ2v) is 8.75. The Balaban J connectivity index is 3.51. The summed E-state index contributed by atoms with van der Waals surface area (Å²) in [7, 11) is 0. The maximum atomic E-state index is 13.9. The van der Waals surface area contributed by atoms with Crippen LogP contribution in [0.5, 0.6) is 0 Å². The van der Waals surface area contributed by atoms with E-state index >= 15 is 0 Å². The molecule has 13 heteroatoms. The van der Waals surface area contributed by atoms with E-state index in [1.807, 2.05) is 0 Å². The lowest BCUT2D eigenvalue weighted by Crippen LogP contribution is -2.58. The summed E-state index contributed by atoms with van der Waals surface area (Å²) in [6, 6.07) is 0.940. The topological polar surface area (TPSA) is 145 Å². The van der Waals surface area contributed by atoms with Crippen LogP contribution in [0.3, 0.4) is 0 Å². The lowest BCUT2D eigenvalue weighted by Gasteiger charge is -2.29. The van der Waals surface area contributed by atoms with Crippen molar-refractivity contribution in [2.24, 2.45) is 5.73 Å². The van der Waals surface area contributed by atoms with Gasteiger partial charge in [-0.25, -0.2) is 14.4 Å². The van der Waals surface area contributed by atoms with E-state index in [0.29, 0.717) is 0 Å². The number of amides is 2. The molecule has 1 atom stereocenters. The van der Waals surface area contributed by atoms with Crippen LogP contribution in [0.15, 0.2) is 6.07 Å². The van der Waals surface area contributed by atoms with Crippen molar-refractivity contribution in [1.29, 1.82) is 0 Å². The number of aromatic amines is 1. The van der Waals surface area contributed by atoms with E-state index in [1.54, 1.807) is 41.5 Å². The standard InChI is InChI=1S/C19H29F3N4O6/c1-8-30-13(27)18(23,19(20,21)22)12-10(24-14(28)31-16(2,3)4)9-11(25-12)26-15(29)32-17(5,6)7/h9,25H,8,23H2,1-7H3,(H,24,28)(H,26,29)/t18-/m1/s1. The minimum atomic E-state index is -5.34. The number of halogens is 3. The van der Waals surface area contributed by atoms with E-state index in [-0.39, 0.29) is 12.4 Å². The average Bonchev–Trinajstić information content (AvgIpc) is 2.91. The van der Waals surface area contributed by atoms with Crippen LogP contribution in [-0.2, 0) is 24.5 Å². The van der Waals surface area contributed by atoms with Crippen molar-refractivity contribution < 1.29 is 41.8 Å². The van der Waals surface area contributed by atoms with E-state index in [1.165, 1.54) is 6.92 Å². The molecule has 182 valence electrons. The second kappa shape index (κ2) is 9.27. The van der Waals surface area contributed by atoms with Crippen LogP contribution in [0.4, 0.5) is 34.3 Å². The Morgan fingerprint density at radius 1 is 0.969 bits per heavy atom. The number of anilines is 2. The van der Waals surface area contributed by atoms with E-state index in [0.717, 1.165) is 6.07 Å². The van der Waals surface area contributed by atoms with Gasteiger partial charge in [0, 0.05) is 6.07 Å². The van der Waals surface area contributed by atoms with E-state index in [2.05, 4.69) is 20.4 Å². The SMILES string of the molecule is CCOC(=O)[C@](N)(c1[nH]c(NC(=O)OC(C)(C)C)cc1NC(=O)OC(C)(C)C)C(F)(F)F. The van der Waals surface area contributed by atoms with Gasteiger partial charge < -0.3 is 24.9 Å². The van der Waals surface area contributed by atoms with Crippen LogP contribution in [0.25, 0.3) is 0 Å². The van der Waals surface area contributed by atoms with Crippen LogP contribution in [0, 0.1) is 0 Å². The fraction of sp³-hybridized carbons (Fsp3) is 0.632. The highest BCUT2D eigenvalue weighted by Crippen LogP contribution is 2.42. The highest BCUT2D eigenvalue weighted by molar-refractivity contribution is 5.93.